The first-order valence-electron chi connectivity index (χ1n) is 6.05. The van der Waals surface area contributed by atoms with Crippen LogP contribution in [0.3, 0.4) is 0 Å². The quantitative estimate of drug-likeness (QED) is 0.827. The van der Waals surface area contributed by atoms with E-state index in [1.807, 2.05) is 12.1 Å². The van der Waals surface area contributed by atoms with Crippen LogP contribution in [-0.4, -0.2) is 41.6 Å². The summed E-state index contributed by atoms with van der Waals surface area (Å²) in [5, 5.41) is 3.39. The van der Waals surface area contributed by atoms with E-state index in [0.717, 1.165) is 42.7 Å². The lowest BCUT2D eigenvalue weighted by atomic mass is 10.1. The van der Waals surface area contributed by atoms with Crippen molar-refractivity contribution in [3.63, 3.8) is 0 Å². The van der Waals surface area contributed by atoms with Crippen LogP contribution in [0.5, 0.6) is 0 Å². The molecule has 0 bridgehead atoms. The maximum atomic E-state index is 4.49. The summed E-state index contributed by atoms with van der Waals surface area (Å²) in [5.74, 6) is 1.63. The zero-order chi connectivity index (χ0) is 11.7. The monoisotopic (exact) mass is 231 g/mol. The van der Waals surface area contributed by atoms with Crippen LogP contribution in [0.1, 0.15) is 6.42 Å². The molecule has 3 rings (SSSR count). The summed E-state index contributed by atoms with van der Waals surface area (Å²) in [7, 11) is 2.08. The van der Waals surface area contributed by atoms with Crippen molar-refractivity contribution in [3.05, 3.63) is 18.3 Å². The van der Waals surface area contributed by atoms with E-state index in [4.69, 9.17) is 0 Å². The number of pyridine rings is 1. The SMILES string of the molecule is CN(C[C@@H]1CCNC1)c1nc2ncccc2[nH]1. The predicted octanol–water partition coefficient (Wildman–Crippen LogP) is 1.00. The Morgan fingerprint density at radius 3 is 3.24 bits per heavy atom. The Bertz CT molecular complexity index is 467. The van der Waals surface area contributed by atoms with Gasteiger partial charge < -0.3 is 15.2 Å². The van der Waals surface area contributed by atoms with Gasteiger partial charge in [-0.1, -0.05) is 0 Å². The molecule has 1 fully saturated rings. The molecule has 1 aliphatic heterocycles. The van der Waals surface area contributed by atoms with E-state index < -0.39 is 0 Å². The van der Waals surface area contributed by atoms with E-state index >= 15 is 0 Å². The minimum atomic E-state index is 0.723. The Labute approximate surface area is 100 Å². The van der Waals surface area contributed by atoms with Crippen molar-refractivity contribution < 1.29 is 0 Å². The van der Waals surface area contributed by atoms with Crippen molar-refractivity contribution in [3.8, 4) is 0 Å². The standard InChI is InChI=1S/C12H17N5/c1-17(8-9-4-6-13-7-9)12-15-10-3-2-5-14-11(10)16-12/h2-3,5,9,13H,4,6-8H2,1H3,(H,14,15,16)/t9-/m1/s1. The van der Waals surface area contributed by atoms with Crippen LogP contribution < -0.4 is 10.2 Å². The Morgan fingerprint density at radius 2 is 2.47 bits per heavy atom. The first-order valence-corrected chi connectivity index (χ1v) is 6.05. The molecule has 1 saturated heterocycles. The van der Waals surface area contributed by atoms with Crippen molar-refractivity contribution in [1.29, 1.82) is 0 Å². The molecule has 0 saturated carbocycles. The van der Waals surface area contributed by atoms with Gasteiger partial charge in [-0.3, -0.25) is 0 Å². The normalized spacial score (nSPS) is 19.9. The molecule has 0 amide bonds. The fourth-order valence-electron chi connectivity index (χ4n) is 2.36. The Balaban J connectivity index is 1.77. The van der Waals surface area contributed by atoms with E-state index in [9.17, 15) is 0 Å². The van der Waals surface area contributed by atoms with Gasteiger partial charge in [0.15, 0.2) is 5.65 Å². The average molecular weight is 231 g/mol. The van der Waals surface area contributed by atoms with Crippen molar-refractivity contribution in [2.45, 2.75) is 6.42 Å². The molecule has 2 N–H and O–H groups in total. The summed E-state index contributed by atoms with van der Waals surface area (Å²) in [6, 6.07) is 3.93. The van der Waals surface area contributed by atoms with E-state index in [1.165, 1.54) is 6.42 Å². The third-order valence-electron chi connectivity index (χ3n) is 3.30. The van der Waals surface area contributed by atoms with Crippen molar-refractivity contribution in [2.24, 2.45) is 5.92 Å². The second-order valence-corrected chi connectivity index (χ2v) is 4.67. The third-order valence-corrected chi connectivity index (χ3v) is 3.30. The first kappa shape index (κ1) is 10.5. The number of rotatable bonds is 3. The smallest absolute Gasteiger partial charge is 0.205 e. The van der Waals surface area contributed by atoms with Gasteiger partial charge in [0.05, 0.1) is 5.52 Å². The molecular formula is C12H17N5. The highest BCUT2D eigenvalue weighted by molar-refractivity contribution is 5.72. The first-order chi connectivity index (χ1) is 8.33. The number of imidazole rings is 1. The fraction of sp³-hybridized carbons (Fsp3) is 0.500. The van der Waals surface area contributed by atoms with Crippen LogP contribution in [0.15, 0.2) is 18.3 Å². The summed E-state index contributed by atoms with van der Waals surface area (Å²) < 4.78 is 0. The number of aromatic amines is 1. The maximum absolute atomic E-state index is 4.49. The molecule has 0 aromatic carbocycles. The maximum Gasteiger partial charge on any atom is 0.205 e. The number of hydrogen-bond donors (Lipinski definition) is 2. The molecule has 0 unspecified atom stereocenters. The van der Waals surface area contributed by atoms with E-state index in [2.05, 4.69) is 32.2 Å². The number of nitrogens with zero attached hydrogens (tertiary/aromatic N) is 3. The lowest BCUT2D eigenvalue weighted by Crippen LogP contribution is -2.27. The largest absolute Gasteiger partial charge is 0.345 e. The van der Waals surface area contributed by atoms with Gasteiger partial charge in [0, 0.05) is 19.8 Å². The van der Waals surface area contributed by atoms with Gasteiger partial charge in [-0.25, -0.2) is 4.98 Å². The van der Waals surface area contributed by atoms with Crippen LogP contribution >= 0.6 is 0 Å². The average Bonchev–Trinajstić information content (AvgIpc) is 2.96. The molecule has 5 nitrogen and oxygen atoms in total. The molecular weight excluding hydrogens is 214 g/mol. The van der Waals surface area contributed by atoms with Gasteiger partial charge >= 0.3 is 0 Å². The number of anilines is 1. The fourth-order valence-corrected chi connectivity index (χ4v) is 2.36. The highest BCUT2D eigenvalue weighted by Gasteiger charge is 2.18. The zero-order valence-corrected chi connectivity index (χ0v) is 9.98. The highest BCUT2D eigenvalue weighted by Crippen LogP contribution is 2.16. The topological polar surface area (TPSA) is 56.8 Å². The second-order valence-electron chi connectivity index (χ2n) is 4.67. The van der Waals surface area contributed by atoms with E-state index in [0.29, 0.717) is 0 Å². The summed E-state index contributed by atoms with van der Waals surface area (Å²) in [5.41, 5.74) is 1.79. The lowest BCUT2D eigenvalue weighted by molar-refractivity contribution is 0.574. The zero-order valence-electron chi connectivity index (χ0n) is 9.98. The Hall–Kier alpha value is -1.62. The molecule has 0 radical (unpaired) electrons. The van der Waals surface area contributed by atoms with Gasteiger partial charge in [-0.05, 0) is 37.6 Å². The Morgan fingerprint density at radius 1 is 1.53 bits per heavy atom. The van der Waals surface area contributed by atoms with Crippen LogP contribution in [0, 0.1) is 5.92 Å². The molecule has 0 aliphatic carbocycles. The summed E-state index contributed by atoms with van der Waals surface area (Å²) in [6.07, 6.45) is 3.02. The molecule has 5 heteroatoms. The highest BCUT2D eigenvalue weighted by atomic mass is 15.3. The minimum absolute atomic E-state index is 0.723. The molecule has 17 heavy (non-hydrogen) atoms. The molecule has 90 valence electrons. The molecule has 1 aliphatic rings. The van der Waals surface area contributed by atoms with Crippen molar-refractivity contribution in [1.82, 2.24) is 20.3 Å². The van der Waals surface area contributed by atoms with E-state index in [1.54, 1.807) is 6.20 Å². The third kappa shape index (κ3) is 2.10. The summed E-state index contributed by atoms with van der Waals surface area (Å²) >= 11 is 0. The van der Waals surface area contributed by atoms with Crippen LogP contribution in [0.2, 0.25) is 0 Å². The van der Waals surface area contributed by atoms with Gasteiger partial charge in [0.25, 0.3) is 0 Å². The molecule has 2 aromatic rings. The molecule has 2 aromatic heterocycles. The summed E-state index contributed by atoms with van der Waals surface area (Å²) in [4.78, 5) is 14.2. The van der Waals surface area contributed by atoms with Gasteiger partial charge in [-0.15, -0.1) is 0 Å². The summed E-state index contributed by atoms with van der Waals surface area (Å²) in [6.45, 7) is 3.29. The number of nitrogens with one attached hydrogen (secondary N) is 2. The van der Waals surface area contributed by atoms with Crippen LogP contribution in [0.4, 0.5) is 5.95 Å². The molecule has 0 spiro atoms. The number of hydrogen-bond acceptors (Lipinski definition) is 4. The number of fused-ring (bicyclic) bond motifs is 1. The van der Waals surface area contributed by atoms with Crippen LogP contribution in [0.25, 0.3) is 11.2 Å². The van der Waals surface area contributed by atoms with Gasteiger partial charge in [0.1, 0.15) is 0 Å². The second kappa shape index (κ2) is 4.33. The van der Waals surface area contributed by atoms with Crippen LogP contribution in [-0.2, 0) is 0 Å². The van der Waals surface area contributed by atoms with Gasteiger partial charge in [-0.2, -0.15) is 4.98 Å². The number of aromatic nitrogens is 3. The predicted molar refractivity (Wildman–Crippen MR) is 68.1 cm³/mol. The van der Waals surface area contributed by atoms with Crippen molar-refractivity contribution in [2.75, 3.05) is 31.6 Å². The van der Waals surface area contributed by atoms with Crippen molar-refractivity contribution >= 4 is 17.1 Å². The van der Waals surface area contributed by atoms with Gasteiger partial charge in [0.2, 0.25) is 5.95 Å². The lowest BCUT2D eigenvalue weighted by Gasteiger charge is -2.19. The molecule has 3 heterocycles. The number of H-pyrrole nitrogens is 1. The van der Waals surface area contributed by atoms with E-state index in [-0.39, 0.29) is 0 Å². The minimum Gasteiger partial charge on any atom is -0.345 e. The molecule has 1 atom stereocenters. The Kier molecular flexibility index (Phi) is 2.68.